The molecular formula is C38H45F2N5O5. The maximum absolute atomic E-state index is 17.0. The summed E-state index contributed by atoms with van der Waals surface area (Å²) in [4.78, 5) is 18.9. The van der Waals surface area contributed by atoms with E-state index in [1.54, 1.807) is 18.3 Å². The minimum atomic E-state index is -0.671. The zero-order chi connectivity index (χ0) is 34.2. The van der Waals surface area contributed by atoms with Crippen LogP contribution in [0, 0.1) is 17.0 Å². The van der Waals surface area contributed by atoms with Crippen LogP contribution in [0.5, 0.6) is 11.8 Å². The Hall–Kier alpha value is -3.71. The van der Waals surface area contributed by atoms with Crippen LogP contribution in [-0.4, -0.2) is 103 Å². The number of benzene rings is 2. The molecule has 50 heavy (non-hydrogen) atoms. The molecule has 10 nitrogen and oxygen atoms in total. The first-order valence-electron chi connectivity index (χ1n) is 18.1. The van der Waals surface area contributed by atoms with Crippen LogP contribution in [-0.2, 0) is 20.6 Å². The summed E-state index contributed by atoms with van der Waals surface area (Å²) in [5.74, 6) is -0.568. The van der Waals surface area contributed by atoms with E-state index in [4.69, 9.17) is 28.9 Å². The molecule has 4 fully saturated rings. The van der Waals surface area contributed by atoms with Gasteiger partial charge in [-0.05, 0) is 79.6 Å². The van der Waals surface area contributed by atoms with Crippen LogP contribution in [0.3, 0.4) is 0 Å². The van der Waals surface area contributed by atoms with Crippen LogP contribution in [0.15, 0.2) is 30.5 Å². The van der Waals surface area contributed by atoms with Crippen LogP contribution in [0.4, 0.5) is 14.6 Å². The van der Waals surface area contributed by atoms with Gasteiger partial charge in [-0.15, -0.1) is 0 Å². The lowest BCUT2D eigenvalue weighted by Gasteiger charge is -2.47. The van der Waals surface area contributed by atoms with Crippen molar-refractivity contribution in [2.75, 3.05) is 70.7 Å². The number of aryl methyl sites for hydroxylation is 1. The molecule has 12 heteroatoms. The summed E-state index contributed by atoms with van der Waals surface area (Å²) in [6, 6.07) is 6.45. The first kappa shape index (κ1) is 33.4. The van der Waals surface area contributed by atoms with Gasteiger partial charge in [0.05, 0.1) is 44.5 Å². The molecule has 0 amide bonds. The number of halogens is 2. The smallest absolute Gasteiger partial charge is 0.319 e. The molecule has 266 valence electrons. The number of anilines is 1. The van der Waals surface area contributed by atoms with E-state index in [0.29, 0.717) is 98.3 Å². The molecule has 1 saturated carbocycles. The lowest BCUT2D eigenvalue weighted by Crippen LogP contribution is -2.54. The van der Waals surface area contributed by atoms with E-state index in [0.717, 1.165) is 51.6 Å². The number of nitrogens with zero attached hydrogens (tertiary/aromatic N) is 5. The summed E-state index contributed by atoms with van der Waals surface area (Å²) < 4.78 is 56.0. The quantitative estimate of drug-likeness (QED) is 0.236. The third-order valence-electron chi connectivity index (χ3n) is 11.2. The Morgan fingerprint density at radius 3 is 2.76 bits per heavy atom. The molecule has 0 spiro atoms. The Balaban J connectivity index is 1.18. The van der Waals surface area contributed by atoms with Gasteiger partial charge in [0.15, 0.2) is 5.82 Å². The van der Waals surface area contributed by atoms with Gasteiger partial charge in [-0.1, -0.05) is 19.4 Å². The molecule has 0 radical (unpaired) electrons. The number of hydrogen-bond donors (Lipinski definition) is 1. The topological polar surface area (TPSA) is 102 Å². The number of phenolic OH excluding ortho intramolecular Hbond substituents is 1. The molecule has 3 aliphatic heterocycles. The molecule has 5 heterocycles. The number of likely N-dealkylation sites (tertiary alicyclic amines) is 1. The van der Waals surface area contributed by atoms with Gasteiger partial charge in [0.1, 0.15) is 28.6 Å². The summed E-state index contributed by atoms with van der Waals surface area (Å²) in [5, 5.41) is 12.2. The number of pyridine rings is 1. The number of aromatic nitrogens is 3. The molecule has 2 aromatic carbocycles. The van der Waals surface area contributed by atoms with Gasteiger partial charge in [-0.3, -0.25) is 9.88 Å². The highest BCUT2D eigenvalue weighted by molar-refractivity contribution is 6.01. The number of phenols is 1. The van der Waals surface area contributed by atoms with Crippen molar-refractivity contribution in [3.05, 3.63) is 47.7 Å². The molecule has 3 atom stereocenters. The third kappa shape index (κ3) is 6.24. The SMILES string of the molecule is CCc1c(F)ccc2cc(O)cc(-c3ncc4c(N5CCCOCC5)nc(OCC56CCC[C@H]5N(CC5COCCO5)CCC6)nc4c3F)c12. The van der Waals surface area contributed by atoms with E-state index < -0.39 is 5.82 Å². The van der Waals surface area contributed by atoms with Crippen molar-refractivity contribution in [3.63, 3.8) is 0 Å². The van der Waals surface area contributed by atoms with E-state index in [1.807, 2.05) is 6.92 Å². The standard InChI is InChI=1S/C38H45F2N5O5/c1-2-27-30(39)8-7-24-18-25(46)19-28(32(24)27)34-33(40)35-29(20-41-34)36(44-12-5-14-47-15-13-44)43-37(42-35)50-23-38-9-3-6-31(38)45(11-4-10-38)21-26-22-48-16-17-49-26/h7-8,18-20,26,31,46H,2-6,9-17,21-23H2,1H3/t26?,31-,38?/m1/s1. The molecule has 2 aromatic heterocycles. The Kier molecular flexibility index (Phi) is 9.45. The molecule has 4 aromatic rings. The van der Waals surface area contributed by atoms with Crippen molar-refractivity contribution in [2.45, 2.75) is 64.0 Å². The van der Waals surface area contributed by atoms with Crippen LogP contribution in [0.1, 0.15) is 51.0 Å². The summed E-state index contributed by atoms with van der Waals surface area (Å²) in [7, 11) is 0. The number of aromatic hydroxyl groups is 1. The van der Waals surface area contributed by atoms with E-state index in [2.05, 4.69) is 14.8 Å². The van der Waals surface area contributed by atoms with E-state index in [-0.39, 0.29) is 40.3 Å². The van der Waals surface area contributed by atoms with Crippen LogP contribution < -0.4 is 9.64 Å². The van der Waals surface area contributed by atoms with Gasteiger partial charge in [-0.2, -0.15) is 9.97 Å². The molecular weight excluding hydrogens is 644 g/mol. The summed E-state index contributed by atoms with van der Waals surface area (Å²) in [6.45, 7) is 8.47. The van der Waals surface area contributed by atoms with Gasteiger partial charge < -0.3 is 29.0 Å². The number of piperidine rings is 1. The fraction of sp³-hybridized carbons (Fsp3) is 0.553. The highest BCUT2D eigenvalue weighted by atomic mass is 19.1. The first-order valence-corrected chi connectivity index (χ1v) is 18.1. The predicted octanol–water partition coefficient (Wildman–Crippen LogP) is 6.05. The lowest BCUT2D eigenvalue weighted by molar-refractivity contribution is -0.111. The average Bonchev–Trinajstić information content (AvgIpc) is 3.38. The molecule has 8 rings (SSSR count). The second-order valence-corrected chi connectivity index (χ2v) is 14.2. The summed E-state index contributed by atoms with van der Waals surface area (Å²) >= 11 is 0. The first-order chi connectivity index (χ1) is 24.4. The third-order valence-corrected chi connectivity index (χ3v) is 11.2. The Bertz CT molecular complexity index is 1870. The maximum Gasteiger partial charge on any atom is 0.319 e. The monoisotopic (exact) mass is 689 g/mol. The van der Waals surface area contributed by atoms with Crippen molar-refractivity contribution in [1.29, 1.82) is 0 Å². The molecule has 4 aliphatic rings. The fourth-order valence-electron chi connectivity index (χ4n) is 8.85. The zero-order valence-corrected chi connectivity index (χ0v) is 28.6. The van der Waals surface area contributed by atoms with E-state index in [9.17, 15) is 5.11 Å². The van der Waals surface area contributed by atoms with Gasteiger partial charge in [0, 0.05) is 49.5 Å². The predicted molar refractivity (Wildman–Crippen MR) is 186 cm³/mol. The van der Waals surface area contributed by atoms with Crippen molar-refractivity contribution in [2.24, 2.45) is 5.41 Å². The van der Waals surface area contributed by atoms with Crippen molar-refractivity contribution >= 4 is 27.5 Å². The van der Waals surface area contributed by atoms with E-state index in [1.165, 1.54) is 12.1 Å². The molecule has 1 N–H and O–H groups in total. The van der Waals surface area contributed by atoms with E-state index >= 15 is 8.78 Å². The normalized spacial score (nSPS) is 24.8. The van der Waals surface area contributed by atoms with Gasteiger partial charge >= 0.3 is 6.01 Å². The minimum Gasteiger partial charge on any atom is -0.508 e. The summed E-state index contributed by atoms with van der Waals surface area (Å²) in [5.41, 5.74) is 0.742. The Labute approximate surface area is 290 Å². The highest BCUT2D eigenvalue weighted by Crippen LogP contribution is 2.48. The van der Waals surface area contributed by atoms with Gasteiger partial charge in [0.25, 0.3) is 0 Å². The van der Waals surface area contributed by atoms with Crippen molar-refractivity contribution in [1.82, 2.24) is 19.9 Å². The van der Waals surface area contributed by atoms with Crippen LogP contribution in [0.2, 0.25) is 0 Å². The van der Waals surface area contributed by atoms with Crippen molar-refractivity contribution < 1.29 is 32.8 Å². The van der Waals surface area contributed by atoms with Gasteiger partial charge in [0.2, 0.25) is 0 Å². The number of ether oxygens (including phenoxy) is 4. The number of rotatable bonds is 8. The average molecular weight is 690 g/mol. The number of fused-ring (bicyclic) bond motifs is 3. The molecule has 2 unspecified atom stereocenters. The summed E-state index contributed by atoms with van der Waals surface area (Å²) in [6.07, 6.45) is 8.21. The highest BCUT2D eigenvalue weighted by Gasteiger charge is 2.49. The molecule has 0 bridgehead atoms. The second kappa shape index (κ2) is 14.1. The second-order valence-electron chi connectivity index (χ2n) is 14.2. The fourth-order valence-corrected chi connectivity index (χ4v) is 8.85. The molecule has 1 aliphatic carbocycles. The largest absolute Gasteiger partial charge is 0.508 e. The Morgan fingerprint density at radius 1 is 1.00 bits per heavy atom. The van der Waals surface area contributed by atoms with Crippen molar-refractivity contribution in [3.8, 4) is 23.0 Å². The maximum atomic E-state index is 17.0. The van der Waals surface area contributed by atoms with Crippen LogP contribution >= 0.6 is 0 Å². The minimum absolute atomic E-state index is 0.0141. The Morgan fingerprint density at radius 2 is 1.90 bits per heavy atom. The number of hydrogen-bond acceptors (Lipinski definition) is 10. The zero-order valence-electron chi connectivity index (χ0n) is 28.6. The lowest BCUT2D eigenvalue weighted by atomic mass is 9.75. The van der Waals surface area contributed by atoms with Crippen LogP contribution in [0.25, 0.3) is 32.9 Å². The molecule has 3 saturated heterocycles. The van der Waals surface area contributed by atoms with Gasteiger partial charge in [-0.25, -0.2) is 8.78 Å².